The molecule has 0 bridgehead atoms. The Morgan fingerprint density at radius 3 is 2.46 bits per heavy atom. The van der Waals surface area contributed by atoms with Gasteiger partial charge in [0.15, 0.2) is 0 Å². The third kappa shape index (κ3) is 5.22. The lowest BCUT2D eigenvalue weighted by molar-refractivity contribution is -0.146. The predicted molar refractivity (Wildman–Crippen MR) is 109 cm³/mol. The van der Waals surface area contributed by atoms with Crippen LogP contribution in [0, 0.1) is 12.7 Å². The van der Waals surface area contributed by atoms with Crippen molar-refractivity contribution >= 4 is 18.3 Å². The number of hydrogen-bond acceptors (Lipinski definition) is 4. The van der Waals surface area contributed by atoms with Gasteiger partial charge in [0.05, 0.1) is 0 Å². The Balaban J connectivity index is 0.00000280. The molecule has 1 saturated heterocycles. The van der Waals surface area contributed by atoms with Crippen LogP contribution >= 0.6 is 12.4 Å². The van der Waals surface area contributed by atoms with Crippen LogP contribution in [0.5, 0.6) is 11.5 Å². The van der Waals surface area contributed by atoms with Crippen LogP contribution < -0.4 is 15.4 Å². The second-order valence-corrected chi connectivity index (χ2v) is 6.79. The van der Waals surface area contributed by atoms with Gasteiger partial charge >= 0.3 is 0 Å². The maximum absolute atomic E-state index is 13.0. The first-order chi connectivity index (χ1) is 13.0. The van der Waals surface area contributed by atoms with Crippen molar-refractivity contribution in [3.63, 3.8) is 0 Å². The normalized spacial score (nSPS) is 15.4. The number of piperidine rings is 1. The van der Waals surface area contributed by atoms with Crippen molar-refractivity contribution in [2.24, 2.45) is 0 Å². The van der Waals surface area contributed by atoms with Gasteiger partial charge in [0.2, 0.25) is 0 Å². The first-order valence-corrected chi connectivity index (χ1v) is 9.09. The molecule has 2 N–H and O–H groups in total. The summed E-state index contributed by atoms with van der Waals surface area (Å²) in [5, 5.41) is 6.23. The Kier molecular flexibility index (Phi) is 7.80. The highest BCUT2D eigenvalue weighted by molar-refractivity contribution is 5.85. The van der Waals surface area contributed by atoms with Crippen molar-refractivity contribution in [1.82, 2.24) is 10.6 Å². The molecule has 2 aromatic rings. The molecule has 7 heteroatoms. The molecule has 1 heterocycles. The molecule has 0 spiro atoms. The van der Waals surface area contributed by atoms with Gasteiger partial charge in [-0.3, -0.25) is 4.79 Å². The first-order valence-electron chi connectivity index (χ1n) is 9.09. The molecule has 1 aliphatic rings. The summed E-state index contributed by atoms with van der Waals surface area (Å²) in [5.41, 5.74) is 1.17. The maximum Gasteiger partial charge on any atom is 0.252 e. The molecule has 1 amide bonds. The van der Waals surface area contributed by atoms with Crippen molar-refractivity contribution < 1.29 is 18.7 Å². The van der Waals surface area contributed by atoms with Crippen LogP contribution in [0.25, 0.3) is 0 Å². The minimum atomic E-state index is -0.744. The molecule has 0 atom stereocenters. The van der Waals surface area contributed by atoms with Gasteiger partial charge in [-0.1, -0.05) is 12.1 Å². The number of hydrogen-bond donors (Lipinski definition) is 2. The molecule has 1 aliphatic heterocycles. The Labute approximate surface area is 171 Å². The van der Waals surface area contributed by atoms with E-state index in [9.17, 15) is 9.18 Å². The van der Waals surface area contributed by atoms with E-state index in [1.165, 1.54) is 12.1 Å². The summed E-state index contributed by atoms with van der Waals surface area (Å²) in [5.74, 6) is 0.903. The molecule has 0 unspecified atom stereocenters. The van der Waals surface area contributed by atoms with Crippen molar-refractivity contribution in [3.05, 3.63) is 59.4 Å². The van der Waals surface area contributed by atoms with Gasteiger partial charge in [0.1, 0.15) is 22.9 Å². The first kappa shape index (κ1) is 22.1. The summed E-state index contributed by atoms with van der Waals surface area (Å²) in [6, 6.07) is 11.6. The Bertz CT molecular complexity index is 793. The topological polar surface area (TPSA) is 59.6 Å². The third-order valence-electron chi connectivity index (χ3n) is 4.95. The Hall–Kier alpha value is -2.15. The smallest absolute Gasteiger partial charge is 0.252 e. The molecule has 152 valence electrons. The predicted octanol–water partition coefficient (Wildman–Crippen LogP) is 3.73. The van der Waals surface area contributed by atoms with E-state index < -0.39 is 5.60 Å². The zero-order valence-electron chi connectivity index (χ0n) is 16.1. The largest absolute Gasteiger partial charge is 0.457 e. The van der Waals surface area contributed by atoms with Crippen LogP contribution in [0.3, 0.4) is 0 Å². The fraction of sp³-hybridized carbons (Fsp3) is 0.381. The Morgan fingerprint density at radius 1 is 1.18 bits per heavy atom. The van der Waals surface area contributed by atoms with Crippen LogP contribution in [0.2, 0.25) is 0 Å². The molecule has 0 radical (unpaired) electrons. The van der Waals surface area contributed by atoms with Gasteiger partial charge < -0.3 is 20.1 Å². The van der Waals surface area contributed by atoms with Crippen LogP contribution in [-0.4, -0.2) is 31.7 Å². The molecule has 0 aliphatic carbocycles. The lowest BCUT2D eigenvalue weighted by Gasteiger charge is -2.34. The lowest BCUT2D eigenvalue weighted by atomic mass is 9.91. The number of nitrogens with one attached hydrogen (secondary N) is 2. The molecule has 0 aromatic heterocycles. The average molecular weight is 409 g/mol. The maximum atomic E-state index is 13.0. The molecule has 0 saturated carbocycles. The van der Waals surface area contributed by atoms with Crippen LogP contribution in [0.15, 0.2) is 42.5 Å². The number of benzene rings is 2. The summed E-state index contributed by atoms with van der Waals surface area (Å²) < 4.78 is 24.3. The average Bonchev–Trinajstić information content (AvgIpc) is 2.70. The minimum Gasteiger partial charge on any atom is -0.457 e. The molecule has 5 nitrogen and oxygen atoms in total. The van der Waals surface area contributed by atoms with Crippen molar-refractivity contribution in [2.45, 2.75) is 31.9 Å². The van der Waals surface area contributed by atoms with E-state index in [0.717, 1.165) is 24.2 Å². The van der Waals surface area contributed by atoms with Gasteiger partial charge in [-0.05, 0) is 74.3 Å². The molecule has 28 heavy (non-hydrogen) atoms. The summed E-state index contributed by atoms with van der Waals surface area (Å²) in [4.78, 5) is 12.6. The highest BCUT2D eigenvalue weighted by Crippen LogP contribution is 2.26. The van der Waals surface area contributed by atoms with E-state index >= 15 is 0 Å². The number of ether oxygens (including phenoxy) is 2. The second-order valence-electron chi connectivity index (χ2n) is 6.79. The van der Waals surface area contributed by atoms with Gasteiger partial charge in [-0.2, -0.15) is 0 Å². The lowest BCUT2D eigenvalue weighted by Crippen LogP contribution is -2.53. The number of rotatable bonds is 6. The van der Waals surface area contributed by atoms with Gasteiger partial charge in [0, 0.05) is 13.7 Å². The monoisotopic (exact) mass is 408 g/mol. The van der Waals surface area contributed by atoms with Gasteiger partial charge in [0.25, 0.3) is 5.91 Å². The number of carbonyl (C=O) groups is 1. The van der Waals surface area contributed by atoms with E-state index in [-0.39, 0.29) is 24.1 Å². The molecular formula is C21H26ClFN2O3. The number of methoxy groups -OCH3 is 1. The molecular weight excluding hydrogens is 383 g/mol. The fourth-order valence-corrected chi connectivity index (χ4v) is 3.26. The third-order valence-corrected chi connectivity index (χ3v) is 4.95. The van der Waals surface area contributed by atoms with Crippen molar-refractivity contribution in [3.8, 4) is 11.5 Å². The van der Waals surface area contributed by atoms with Gasteiger partial charge in [-0.15, -0.1) is 12.4 Å². The number of carbonyl (C=O) groups excluding carboxylic acids is 1. The molecule has 2 aromatic carbocycles. The second kappa shape index (κ2) is 9.87. The van der Waals surface area contributed by atoms with E-state index in [4.69, 9.17) is 9.47 Å². The van der Waals surface area contributed by atoms with Crippen LogP contribution in [-0.2, 0) is 16.1 Å². The molecule has 1 fully saturated rings. The Morgan fingerprint density at radius 2 is 1.86 bits per heavy atom. The summed E-state index contributed by atoms with van der Waals surface area (Å²) in [6.07, 6.45) is 1.33. The fourth-order valence-electron chi connectivity index (χ4n) is 3.26. The van der Waals surface area contributed by atoms with Crippen LogP contribution in [0.4, 0.5) is 4.39 Å². The highest BCUT2D eigenvalue weighted by atomic mass is 35.5. The zero-order valence-corrected chi connectivity index (χ0v) is 16.9. The number of aryl methyl sites for hydroxylation is 1. The quantitative estimate of drug-likeness (QED) is 0.764. The van der Waals surface area contributed by atoms with E-state index in [2.05, 4.69) is 10.6 Å². The summed E-state index contributed by atoms with van der Waals surface area (Å²) >= 11 is 0. The summed E-state index contributed by atoms with van der Waals surface area (Å²) in [7, 11) is 1.59. The van der Waals surface area contributed by atoms with E-state index in [1.807, 2.05) is 25.1 Å². The zero-order chi connectivity index (χ0) is 19.3. The SMILES string of the molecule is COC1(C(=O)NCc2ccc(Oc3ccc(F)cc3)c(C)c2)CCNCC1.Cl. The molecule has 3 rings (SSSR count). The number of halogens is 2. The minimum absolute atomic E-state index is 0. The van der Waals surface area contributed by atoms with Crippen LogP contribution in [0.1, 0.15) is 24.0 Å². The van der Waals surface area contributed by atoms with E-state index in [0.29, 0.717) is 30.9 Å². The van der Waals surface area contributed by atoms with Crippen molar-refractivity contribution in [2.75, 3.05) is 20.2 Å². The standard InChI is InChI=1S/C21H25FN2O3.ClH/c1-15-13-16(3-8-19(15)27-18-6-4-17(22)5-7-18)14-24-20(25)21(26-2)9-11-23-12-10-21;/h3-8,13,23H,9-12,14H2,1-2H3,(H,24,25);1H. The van der Waals surface area contributed by atoms with Crippen molar-refractivity contribution in [1.29, 1.82) is 0 Å². The van der Waals surface area contributed by atoms with Gasteiger partial charge in [-0.25, -0.2) is 4.39 Å². The van der Waals surface area contributed by atoms with E-state index in [1.54, 1.807) is 19.2 Å². The highest BCUT2D eigenvalue weighted by Gasteiger charge is 2.39. The summed E-state index contributed by atoms with van der Waals surface area (Å²) in [6.45, 7) is 3.91. The number of amides is 1.